The van der Waals surface area contributed by atoms with E-state index in [1.807, 2.05) is 30.3 Å². The number of pyridine rings is 1. The fraction of sp³-hybridized carbons (Fsp3) is 0. The molecule has 5 aromatic heterocycles. The van der Waals surface area contributed by atoms with Crippen LogP contribution in [-0.4, -0.2) is 35.3 Å². The van der Waals surface area contributed by atoms with E-state index >= 15 is 0 Å². The molecule has 9 heteroatoms. The van der Waals surface area contributed by atoms with Crippen LogP contribution in [0.25, 0.3) is 55.3 Å². The molecule has 0 fully saturated rings. The number of para-hydroxylation sites is 1. The number of hydrogen-bond donors (Lipinski definition) is 3. The average Bonchev–Trinajstić information content (AvgIpc) is 3.51. The molecule has 0 spiro atoms. The highest BCUT2D eigenvalue weighted by atomic mass is 32.1. The number of H-pyrrole nitrogens is 3. The molecular formula is C20H12FN7S. The summed E-state index contributed by atoms with van der Waals surface area (Å²) in [7, 11) is 0. The second-order valence-corrected chi connectivity index (χ2v) is 7.58. The Hall–Kier alpha value is -3.85. The number of nitrogens with one attached hydrogen (secondary N) is 3. The maximum atomic E-state index is 13.5. The summed E-state index contributed by atoms with van der Waals surface area (Å²) in [4.78, 5) is 13.7. The summed E-state index contributed by atoms with van der Waals surface area (Å²) in [5, 5.41) is 14.0. The van der Waals surface area contributed by atoms with Crippen molar-refractivity contribution in [1.82, 2.24) is 35.3 Å². The topological polar surface area (TPSA) is 98.9 Å². The van der Waals surface area contributed by atoms with Crippen LogP contribution < -0.4 is 0 Å². The van der Waals surface area contributed by atoms with E-state index in [1.165, 1.54) is 6.07 Å². The fourth-order valence-corrected chi connectivity index (χ4v) is 4.17. The van der Waals surface area contributed by atoms with Gasteiger partial charge in [-0.15, -0.1) is 11.3 Å². The summed E-state index contributed by atoms with van der Waals surface area (Å²) >= 11 is 1.10. The summed E-state index contributed by atoms with van der Waals surface area (Å²) in [5.41, 5.74) is 6.35. The molecule has 0 aliphatic heterocycles. The number of nitrogens with zero attached hydrogens (tertiary/aromatic N) is 4. The first-order chi connectivity index (χ1) is 14.3. The lowest BCUT2D eigenvalue weighted by molar-refractivity contribution is 0.657. The number of fused-ring (bicyclic) bond motifs is 2. The Morgan fingerprint density at radius 3 is 2.72 bits per heavy atom. The fourth-order valence-electron chi connectivity index (χ4n) is 3.42. The number of aromatic amines is 3. The molecule has 0 atom stereocenters. The maximum Gasteiger partial charge on any atom is 0.176 e. The summed E-state index contributed by atoms with van der Waals surface area (Å²) < 4.78 is 13.5. The molecule has 5 heterocycles. The summed E-state index contributed by atoms with van der Waals surface area (Å²) in [6.07, 6.45) is 3.52. The van der Waals surface area contributed by atoms with Gasteiger partial charge in [-0.2, -0.15) is 14.6 Å². The van der Waals surface area contributed by atoms with E-state index in [4.69, 9.17) is 9.97 Å². The Morgan fingerprint density at radius 1 is 0.931 bits per heavy atom. The number of halogens is 1. The van der Waals surface area contributed by atoms with Crippen molar-refractivity contribution < 1.29 is 4.39 Å². The molecule has 7 nitrogen and oxygen atoms in total. The predicted molar refractivity (Wildman–Crippen MR) is 110 cm³/mol. The van der Waals surface area contributed by atoms with Gasteiger partial charge in [0, 0.05) is 22.2 Å². The molecule has 0 aliphatic rings. The standard InChI is InChI=1S/C20H12FN7S/c21-16-7-6-15(29-16)11-2-1-3-13-17(11)26-20(25-13)19-18-14(27-28-19)5-4-12(24-18)10-8-22-23-9-10/h1-9H,(H,22,23)(H,25,26)(H,27,28). The lowest BCUT2D eigenvalue weighted by atomic mass is 10.1. The molecule has 140 valence electrons. The zero-order valence-electron chi connectivity index (χ0n) is 14.8. The molecule has 0 bridgehead atoms. The molecule has 0 amide bonds. The van der Waals surface area contributed by atoms with Crippen molar-refractivity contribution in [2.45, 2.75) is 0 Å². The first kappa shape index (κ1) is 16.1. The molecular weight excluding hydrogens is 389 g/mol. The predicted octanol–water partition coefficient (Wildman–Crippen LogP) is 4.76. The van der Waals surface area contributed by atoms with Gasteiger partial charge in [0.05, 0.1) is 28.4 Å². The van der Waals surface area contributed by atoms with E-state index in [2.05, 4.69) is 25.4 Å². The maximum absolute atomic E-state index is 13.5. The Kier molecular flexibility index (Phi) is 3.38. The van der Waals surface area contributed by atoms with Crippen LogP contribution in [0.1, 0.15) is 0 Å². The molecule has 6 aromatic rings. The SMILES string of the molecule is Fc1ccc(-c2cccc3[nH]c(-c4n[nH]c5ccc(-c6cn[nH]c6)nc45)nc23)s1. The van der Waals surface area contributed by atoms with Gasteiger partial charge >= 0.3 is 0 Å². The van der Waals surface area contributed by atoms with Gasteiger partial charge in [-0.1, -0.05) is 12.1 Å². The minimum absolute atomic E-state index is 0.220. The van der Waals surface area contributed by atoms with Crippen molar-refractivity contribution in [2.24, 2.45) is 0 Å². The highest BCUT2D eigenvalue weighted by Gasteiger charge is 2.17. The van der Waals surface area contributed by atoms with Gasteiger partial charge in [0.2, 0.25) is 0 Å². The largest absolute Gasteiger partial charge is 0.336 e. The monoisotopic (exact) mass is 401 g/mol. The highest BCUT2D eigenvalue weighted by molar-refractivity contribution is 7.14. The quantitative estimate of drug-likeness (QED) is 0.398. The van der Waals surface area contributed by atoms with Crippen LogP contribution in [0.2, 0.25) is 0 Å². The van der Waals surface area contributed by atoms with Crippen molar-refractivity contribution in [3.8, 4) is 33.2 Å². The van der Waals surface area contributed by atoms with Gasteiger partial charge in [0.1, 0.15) is 5.52 Å². The summed E-state index contributed by atoms with van der Waals surface area (Å²) in [6, 6.07) is 12.9. The van der Waals surface area contributed by atoms with E-state index in [0.717, 1.165) is 49.6 Å². The van der Waals surface area contributed by atoms with E-state index < -0.39 is 0 Å². The van der Waals surface area contributed by atoms with Gasteiger partial charge in [-0.05, 0) is 30.3 Å². The molecule has 0 radical (unpaired) electrons. The van der Waals surface area contributed by atoms with E-state index in [-0.39, 0.29) is 5.13 Å². The van der Waals surface area contributed by atoms with Crippen LogP contribution in [-0.2, 0) is 0 Å². The second kappa shape index (κ2) is 6.08. The zero-order chi connectivity index (χ0) is 19.4. The van der Waals surface area contributed by atoms with Crippen LogP contribution in [0.4, 0.5) is 4.39 Å². The van der Waals surface area contributed by atoms with Gasteiger partial charge in [0.25, 0.3) is 0 Å². The first-order valence-electron chi connectivity index (χ1n) is 8.85. The highest BCUT2D eigenvalue weighted by Crippen LogP contribution is 2.34. The molecule has 3 N–H and O–H groups in total. The molecule has 0 saturated heterocycles. The minimum atomic E-state index is -0.220. The van der Waals surface area contributed by atoms with Crippen LogP contribution in [0.15, 0.2) is 54.9 Å². The Bertz CT molecular complexity index is 1480. The number of imidazole rings is 1. The lowest BCUT2D eigenvalue weighted by Crippen LogP contribution is -1.86. The first-order valence-corrected chi connectivity index (χ1v) is 9.67. The van der Waals surface area contributed by atoms with E-state index in [9.17, 15) is 4.39 Å². The Labute approximate surface area is 166 Å². The van der Waals surface area contributed by atoms with E-state index in [0.29, 0.717) is 17.0 Å². The smallest absolute Gasteiger partial charge is 0.176 e. The average molecular weight is 401 g/mol. The third kappa shape index (κ3) is 2.55. The normalized spacial score (nSPS) is 11.6. The van der Waals surface area contributed by atoms with Crippen molar-refractivity contribution in [3.05, 3.63) is 60.0 Å². The van der Waals surface area contributed by atoms with Gasteiger partial charge in [-0.3, -0.25) is 10.2 Å². The number of thiophene rings is 1. The Balaban J connectivity index is 1.53. The van der Waals surface area contributed by atoms with Crippen molar-refractivity contribution in [1.29, 1.82) is 0 Å². The second-order valence-electron chi connectivity index (χ2n) is 6.54. The number of aromatic nitrogens is 7. The van der Waals surface area contributed by atoms with Crippen LogP contribution >= 0.6 is 11.3 Å². The zero-order valence-corrected chi connectivity index (χ0v) is 15.6. The third-order valence-electron chi connectivity index (χ3n) is 4.78. The molecule has 0 aliphatic carbocycles. The summed E-state index contributed by atoms with van der Waals surface area (Å²) in [6.45, 7) is 0. The molecule has 0 saturated carbocycles. The van der Waals surface area contributed by atoms with Gasteiger partial charge in [0.15, 0.2) is 16.6 Å². The van der Waals surface area contributed by atoms with E-state index in [1.54, 1.807) is 18.5 Å². The van der Waals surface area contributed by atoms with Crippen molar-refractivity contribution >= 4 is 33.4 Å². The molecule has 6 rings (SSSR count). The van der Waals surface area contributed by atoms with Crippen molar-refractivity contribution in [3.63, 3.8) is 0 Å². The summed E-state index contributed by atoms with van der Waals surface area (Å²) in [5.74, 6) is 0.604. The van der Waals surface area contributed by atoms with Crippen LogP contribution in [0.3, 0.4) is 0 Å². The third-order valence-corrected chi connectivity index (χ3v) is 5.68. The molecule has 1 aromatic carbocycles. The lowest BCUT2D eigenvalue weighted by Gasteiger charge is -1.98. The molecule has 29 heavy (non-hydrogen) atoms. The van der Waals surface area contributed by atoms with Crippen molar-refractivity contribution in [2.75, 3.05) is 0 Å². The molecule has 0 unspecified atom stereocenters. The van der Waals surface area contributed by atoms with Gasteiger partial charge in [-0.25, -0.2) is 9.97 Å². The number of benzene rings is 1. The minimum Gasteiger partial charge on any atom is -0.336 e. The number of hydrogen-bond acceptors (Lipinski definition) is 5. The number of rotatable bonds is 3. The van der Waals surface area contributed by atoms with Crippen LogP contribution in [0, 0.1) is 5.13 Å². The van der Waals surface area contributed by atoms with Gasteiger partial charge < -0.3 is 4.98 Å². The van der Waals surface area contributed by atoms with Crippen LogP contribution in [0.5, 0.6) is 0 Å². The Morgan fingerprint density at radius 2 is 1.90 bits per heavy atom.